The molecule has 2 aliphatic rings. The van der Waals surface area contributed by atoms with Crippen LogP contribution >= 0.6 is 0 Å². The van der Waals surface area contributed by atoms with Crippen LogP contribution in [0, 0.1) is 0 Å². The molecule has 1 aliphatic carbocycles. The van der Waals surface area contributed by atoms with Crippen LogP contribution in [0.5, 0.6) is 0 Å². The van der Waals surface area contributed by atoms with Crippen LogP contribution in [0.15, 0.2) is 30.5 Å². The Labute approximate surface area is 169 Å². The molecular formula is C20H25N7O2. The average Bonchev–Trinajstić information content (AvgIpc) is 3.39. The predicted molar refractivity (Wildman–Crippen MR) is 111 cm³/mol. The molecule has 2 amide bonds. The number of hydrogen-bond acceptors (Lipinski definition) is 7. The van der Waals surface area contributed by atoms with Crippen LogP contribution < -0.4 is 26.6 Å². The number of nitrogens with one attached hydrogen (secondary N) is 3. The molecule has 1 aromatic heterocycles. The Balaban J connectivity index is 1.48. The Hall–Kier alpha value is -3.36. The maximum absolute atomic E-state index is 12.1. The van der Waals surface area contributed by atoms with Gasteiger partial charge >= 0.3 is 0 Å². The first-order chi connectivity index (χ1) is 14.0. The number of nitrogens with two attached hydrogens (primary N) is 1. The fourth-order valence-electron chi connectivity index (χ4n) is 3.53. The summed E-state index contributed by atoms with van der Waals surface area (Å²) >= 11 is 0. The molecular weight excluding hydrogens is 370 g/mol. The first kappa shape index (κ1) is 19.0. The molecule has 1 unspecified atom stereocenters. The second-order valence-electron chi connectivity index (χ2n) is 7.38. The van der Waals surface area contributed by atoms with Gasteiger partial charge < -0.3 is 26.6 Å². The number of benzene rings is 1. The van der Waals surface area contributed by atoms with Crippen molar-refractivity contribution in [1.82, 2.24) is 15.3 Å². The molecule has 1 aromatic carbocycles. The quantitative estimate of drug-likeness (QED) is 0.561. The molecule has 5 N–H and O–H groups in total. The third-order valence-corrected chi connectivity index (χ3v) is 5.23. The molecule has 1 saturated heterocycles. The van der Waals surface area contributed by atoms with Crippen molar-refractivity contribution in [2.24, 2.45) is 5.73 Å². The van der Waals surface area contributed by atoms with Crippen molar-refractivity contribution < 1.29 is 9.59 Å². The molecule has 0 radical (unpaired) electrons. The van der Waals surface area contributed by atoms with Crippen LogP contribution in [0.1, 0.15) is 36.0 Å². The first-order valence-electron chi connectivity index (χ1n) is 9.84. The van der Waals surface area contributed by atoms with Gasteiger partial charge in [0.15, 0.2) is 0 Å². The highest BCUT2D eigenvalue weighted by atomic mass is 16.2. The van der Waals surface area contributed by atoms with Crippen LogP contribution in [0.25, 0.3) is 0 Å². The minimum atomic E-state index is -0.555. The summed E-state index contributed by atoms with van der Waals surface area (Å²) in [6.07, 6.45) is 5.40. The van der Waals surface area contributed by atoms with E-state index in [1.54, 1.807) is 7.05 Å². The van der Waals surface area contributed by atoms with Gasteiger partial charge in [-0.1, -0.05) is 0 Å². The number of hydrogen-bond donors (Lipinski definition) is 4. The molecule has 2 fully saturated rings. The van der Waals surface area contributed by atoms with Crippen molar-refractivity contribution in [2.75, 3.05) is 29.1 Å². The molecule has 0 bridgehead atoms. The summed E-state index contributed by atoms with van der Waals surface area (Å²) in [5, 5.41) is 9.12. The van der Waals surface area contributed by atoms with Crippen molar-refractivity contribution >= 4 is 35.0 Å². The van der Waals surface area contributed by atoms with Crippen LogP contribution in [0.2, 0.25) is 0 Å². The second-order valence-corrected chi connectivity index (χ2v) is 7.38. The maximum atomic E-state index is 12.1. The van der Waals surface area contributed by atoms with Crippen LogP contribution in [0.3, 0.4) is 0 Å². The summed E-state index contributed by atoms with van der Waals surface area (Å²) in [6.45, 7) is 0.860. The van der Waals surface area contributed by atoms with Crippen LogP contribution in [-0.4, -0.2) is 47.5 Å². The van der Waals surface area contributed by atoms with Gasteiger partial charge in [-0.05, 0) is 49.9 Å². The summed E-state index contributed by atoms with van der Waals surface area (Å²) in [4.78, 5) is 34.4. The standard InChI is InChI=1S/C20H25N7O2/c1-22-19(29)16-3-2-10-27(16)14-8-6-13(7-9-14)25-20-23-11-15(17(21)28)18(26-20)24-12-4-5-12/h6-9,11-12,16H,2-5,10H2,1H3,(H2,21,28)(H,22,29)(H2,23,24,25,26). The zero-order valence-corrected chi connectivity index (χ0v) is 16.3. The molecule has 1 atom stereocenters. The number of carbonyl (C=O) groups is 2. The smallest absolute Gasteiger partial charge is 0.254 e. The van der Waals surface area contributed by atoms with Crippen LogP contribution in [-0.2, 0) is 4.79 Å². The Kier molecular flexibility index (Phi) is 5.20. The van der Waals surface area contributed by atoms with Crippen molar-refractivity contribution in [1.29, 1.82) is 0 Å². The predicted octanol–water partition coefficient (Wildman–Crippen LogP) is 1.61. The fraction of sp³-hybridized carbons (Fsp3) is 0.400. The molecule has 0 spiro atoms. The van der Waals surface area contributed by atoms with Gasteiger partial charge in [0.1, 0.15) is 11.9 Å². The summed E-state index contributed by atoms with van der Waals surface area (Å²) in [5.41, 5.74) is 7.52. The number of rotatable bonds is 7. The lowest BCUT2D eigenvalue weighted by molar-refractivity contribution is -0.121. The SMILES string of the molecule is CNC(=O)C1CCCN1c1ccc(Nc2ncc(C(N)=O)c(NC3CC3)n2)cc1. The van der Waals surface area contributed by atoms with E-state index in [1.807, 2.05) is 24.3 Å². The normalized spacial score (nSPS) is 18.4. The molecule has 2 heterocycles. The van der Waals surface area contributed by atoms with E-state index in [-0.39, 0.29) is 17.5 Å². The van der Waals surface area contributed by atoms with Crippen molar-refractivity contribution in [3.8, 4) is 0 Å². The second kappa shape index (κ2) is 7.94. The number of primary amides is 1. The highest BCUT2D eigenvalue weighted by Gasteiger charge is 2.30. The van der Waals surface area contributed by atoms with E-state index in [9.17, 15) is 9.59 Å². The van der Waals surface area contributed by atoms with E-state index >= 15 is 0 Å². The number of aromatic nitrogens is 2. The lowest BCUT2D eigenvalue weighted by Gasteiger charge is -2.25. The number of likely N-dealkylation sites (N-methyl/N-ethyl adjacent to an activating group) is 1. The summed E-state index contributed by atoms with van der Waals surface area (Å²) in [6, 6.07) is 8.01. The third-order valence-electron chi connectivity index (χ3n) is 5.23. The fourth-order valence-corrected chi connectivity index (χ4v) is 3.53. The lowest BCUT2D eigenvalue weighted by atomic mass is 10.2. The van der Waals surface area contributed by atoms with Gasteiger partial charge in [0.2, 0.25) is 11.9 Å². The van der Waals surface area contributed by atoms with Crippen molar-refractivity contribution in [3.05, 3.63) is 36.0 Å². The zero-order chi connectivity index (χ0) is 20.4. The molecule has 1 saturated carbocycles. The Morgan fingerprint density at radius 3 is 2.59 bits per heavy atom. The van der Waals surface area contributed by atoms with Crippen LogP contribution in [0.4, 0.5) is 23.1 Å². The topological polar surface area (TPSA) is 125 Å². The Morgan fingerprint density at radius 1 is 1.17 bits per heavy atom. The van der Waals surface area contributed by atoms with Gasteiger partial charge in [0.25, 0.3) is 5.91 Å². The number of amides is 2. The Morgan fingerprint density at radius 2 is 1.93 bits per heavy atom. The van der Waals surface area contributed by atoms with Gasteiger partial charge in [-0.15, -0.1) is 0 Å². The van der Waals surface area contributed by atoms with E-state index < -0.39 is 5.91 Å². The van der Waals surface area contributed by atoms with E-state index in [2.05, 4.69) is 30.8 Å². The largest absolute Gasteiger partial charge is 0.367 e. The van der Waals surface area contributed by atoms with E-state index in [1.165, 1.54) is 6.20 Å². The molecule has 9 heteroatoms. The highest BCUT2D eigenvalue weighted by Crippen LogP contribution is 2.29. The summed E-state index contributed by atoms with van der Waals surface area (Å²) < 4.78 is 0. The molecule has 152 valence electrons. The number of nitrogens with zero attached hydrogens (tertiary/aromatic N) is 3. The highest BCUT2D eigenvalue weighted by molar-refractivity contribution is 5.97. The minimum absolute atomic E-state index is 0.0448. The summed E-state index contributed by atoms with van der Waals surface area (Å²) in [5.74, 6) is 0.332. The maximum Gasteiger partial charge on any atom is 0.254 e. The molecule has 2 aromatic rings. The van der Waals surface area contributed by atoms with E-state index in [0.29, 0.717) is 17.8 Å². The third kappa shape index (κ3) is 4.23. The van der Waals surface area contributed by atoms with Crippen molar-refractivity contribution in [3.63, 3.8) is 0 Å². The zero-order valence-electron chi connectivity index (χ0n) is 16.3. The first-order valence-corrected chi connectivity index (χ1v) is 9.84. The number of anilines is 4. The molecule has 1 aliphatic heterocycles. The van der Waals surface area contributed by atoms with Gasteiger partial charge in [0.05, 0.1) is 5.56 Å². The van der Waals surface area contributed by atoms with Gasteiger partial charge in [-0.25, -0.2) is 4.98 Å². The van der Waals surface area contributed by atoms with Gasteiger partial charge in [0, 0.05) is 37.2 Å². The van der Waals surface area contributed by atoms with Gasteiger partial charge in [-0.2, -0.15) is 4.98 Å². The lowest BCUT2D eigenvalue weighted by Crippen LogP contribution is -2.41. The Bertz CT molecular complexity index is 912. The van der Waals surface area contributed by atoms with Gasteiger partial charge in [-0.3, -0.25) is 9.59 Å². The van der Waals surface area contributed by atoms with Crippen molar-refractivity contribution in [2.45, 2.75) is 37.8 Å². The molecule has 29 heavy (non-hydrogen) atoms. The van der Waals surface area contributed by atoms with E-state index in [0.717, 1.165) is 43.6 Å². The number of carbonyl (C=O) groups excluding carboxylic acids is 2. The minimum Gasteiger partial charge on any atom is -0.367 e. The monoisotopic (exact) mass is 395 g/mol. The van der Waals surface area contributed by atoms with E-state index in [4.69, 9.17) is 5.73 Å². The molecule has 4 rings (SSSR count). The summed E-state index contributed by atoms with van der Waals surface area (Å²) in [7, 11) is 1.67. The molecule has 9 nitrogen and oxygen atoms in total. The average molecular weight is 395 g/mol.